The molecular formula is C18H22N2O3S. The van der Waals surface area contributed by atoms with Crippen molar-refractivity contribution < 1.29 is 14.3 Å². The van der Waals surface area contributed by atoms with Gasteiger partial charge >= 0.3 is 5.97 Å². The number of thiophene rings is 1. The lowest BCUT2D eigenvalue weighted by molar-refractivity contribution is 0.0526. The van der Waals surface area contributed by atoms with Crippen molar-refractivity contribution in [2.45, 2.75) is 51.9 Å². The number of esters is 1. The number of nitrogen functional groups attached to an aromatic ring is 1. The molecule has 1 atom stereocenters. The third kappa shape index (κ3) is 2.51. The molecule has 0 saturated heterocycles. The van der Waals surface area contributed by atoms with Gasteiger partial charge in [0.15, 0.2) is 5.78 Å². The number of nitriles is 1. The third-order valence-electron chi connectivity index (χ3n) is 5.40. The minimum Gasteiger partial charge on any atom is -0.462 e. The number of fused-ring (bicyclic) bond motifs is 1. The van der Waals surface area contributed by atoms with Crippen LogP contribution in [0.25, 0.3) is 0 Å². The van der Waals surface area contributed by atoms with E-state index < -0.39 is 11.4 Å². The Balaban J connectivity index is 2.00. The summed E-state index contributed by atoms with van der Waals surface area (Å²) < 4.78 is 5.07. The van der Waals surface area contributed by atoms with Crippen LogP contribution in [0.1, 0.15) is 71.0 Å². The van der Waals surface area contributed by atoms with E-state index >= 15 is 0 Å². The highest BCUT2D eigenvalue weighted by Crippen LogP contribution is 2.50. The predicted octanol–water partition coefficient (Wildman–Crippen LogP) is 3.73. The molecule has 24 heavy (non-hydrogen) atoms. The average molecular weight is 346 g/mol. The van der Waals surface area contributed by atoms with Crippen molar-refractivity contribution in [3.8, 4) is 6.07 Å². The van der Waals surface area contributed by atoms with Crippen LogP contribution in [-0.4, -0.2) is 18.4 Å². The first-order valence-corrected chi connectivity index (χ1v) is 9.41. The number of carbonyl (C=O) groups is 2. The average Bonchev–Trinajstić information content (AvgIpc) is 2.94. The molecule has 2 N–H and O–H groups in total. The number of carbonyl (C=O) groups excluding carboxylic acids is 2. The van der Waals surface area contributed by atoms with Gasteiger partial charge in [-0.25, -0.2) is 4.79 Å². The maximum Gasteiger partial charge on any atom is 0.341 e. The van der Waals surface area contributed by atoms with Crippen molar-refractivity contribution in [1.29, 1.82) is 5.26 Å². The van der Waals surface area contributed by atoms with E-state index in [1.165, 1.54) is 6.42 Å². The second-order valence-electron chi connectivity index (χ2n) is 6.62. The lowest BCUT2D eigenvalue weighted by atomic mass is 9.62. The molecule has 0 radical (unpaired) electrons. The molecule has 2 aliphatic carbocycles. The highest BCUT2D eigenvalue weighted by atomic mass is 32.1. The van der Waals surface area contributed by atoms with Crippen LogP contribution < -0.4 is 5.73 Å². The van der Waals surface area contributed by atoms with E-state index in [9.17, 15) is 14.9 Å². The van der Waals surface area contributed by atoms with Crippen molar-refractivity contribution in [2.24, 2.45) is 11.3 Å². The summed E-state index contributed by atoms with van der Waals surface area (Å²) in [5, 5.41) is 10.2. The maximum atomic E-state index is 13.2. The van der Waals surface area contributed by atoms with E-state index in [0.717, 1.165) is 37.0 Å². The summed E-state index contributed by atoms with van der Waals surface area (Å²) in [4.78, 5) is 25.9. The number of ether oxygens (including phenoxy) is 1. The summed E-state index contributed by atoms with van der Waals surface area (Å²) in [6.07, 6.45) is 6.20. The van der Waals surface area contributed by atoms with Gasteiger partial charge in [-0.1, -0.05) is 19.3 Å². The first-order valence-electron chi connectivity index (χ1n) is 8.59. The topological polar surface area (TPSA) is 93.2 Å². The molecule has 1 heterocycles. The monoisotopic (exact) mass is 346 g/mol. The number of hydrogen-bond acceptors (Lipinski definition) is 6. The largest absolute Gasteiger partial charge is 0.462 e. The van der Waals surface area contributed by atoms with Crippen molar-refractivity contribution in [3.05, 3.63) is 16.0 Å². The summed E-state index contributed by atoms with van der Waals surface area (Å²) in [5.41, 5.74) is 6.07. The molecule has 6 heteroatoms. The van der Waals surface area contributed by atoms with Crippen LogP contribution in [0.15, 0.2) is 0 Å². The normalized spacial score (nSPS) is 24.2. The summed E-state index contributed by atoms with van der Waals surface area (Å²) in [6.45, 7) is 2.00. The molecule has 1 saturated carbocycles. The minimum absolute atomic E-state index is 0.117. The van der Waals surface area contributed by atoms with Gasteiger partial charge in [0.05, 0.1) is 23.1 Å². The van der Waals surface area contributed by atoms with Crippen LogP contribution in [0.2, 0.25) is 0 Å². The van der Waals surface area contributed by atoms with Crippen LogP contribution >= 0.6 is 11.3 Å². The first kappa shape index (κ1) is 17.0. The zero-order chi connectivity index (χ0) is 17.3. The van der Waals surface area contributed by atoms with Crippen LogP contribution in [0, 0.1) is 22.7 Å². The lowest BCUT2D eigenvalue weighted by Gasteiger charge is -2.38. The zero-order valence-electron chi connectivity index (χ0n) is 13.9. The Morgan fingerprint density at radius 3 is 2.75 bits per heavy atom. The Hall–Kier alpha value is -1.87. The minimum atomic E-state index is -0.948. The van der Waals surface area contributed by atoms with Gasteiger partial charge in [-0.2, -0.15) is 5.26 Å². The number of Topliss-reactive ketones (excluding diaryl/α,β-unsaturated/α-hetero) is 1. The Labute approximate surface area is 145 Å². The van der Waals surface area contributed by atoms with E-state index in [1.807, 2.05) is 0 Å². The van der Waals surface area contributed by atoms with Crippen LogP contribution in [-0.2, 0) is 11.2 Å². The summed E-state index contributed by atoms with van der Waals surface area (Å²) >= 11 is 1.14. The standard InChI is InChI=1S/C18H22N2O3S/c1-2-23-17(22)13-12-8-9-18(10-19,11-6-4-3-5-7-11)15(21)14(12)24-16(13)20/h11H,2-9,20H2,1H3. The number of anilines is 1. The Bertz CT molecular complexity index is 713. The van der Waals surface area contributed by atoms with Gasteiger partial charge in [0.25, 0.3) is 0 Å². The third-order valence-corrected chi connectivity index (χ3v) is 6.46. The molecule has 5 nitrogen and oxygen atoms in total. The SMILES string of the molecule is CCOC(=O)c1c(N)sc2c1CCC(C#N)(C1CCCCC1)C2=O. The predicted molar refractivity (Wildman–Crippen MR) is 92.0 cm³/mol. The fraction of sp³-hybridized carbons (Fsp3) is 0.611. The van der Waals surface area contributed by atoms with E-state index in [0.29, 0.717) is 33.8 Å². The summed E-state index contributed by atoms with van der Waals surface area (Å²) in [6, 6.07) is 2.36. The fourth-order valence-corrected chi connectivity index (χ4v) is 5.29. The van der Waals surface area contributed by atoms with Gasteiger partial charge in [-0.15, -0.1) is 11.3 Å². The van der Waals surface area contributed by atoms with Crippen molar-refractivity contribution in [1.82, 2.24) is 0 Å². The molecule has 1 aromatic heterocycles. The molecule has 2 aliphatic rings. The van der Waals surface area contributed by atoms with Crippen LogP contribution in [0.4, 0.5) is 5.00 Å². The Morgan fingerprint density at radius 2 is 2.12 bits per heavy atom. The van der Waals surface area contributed by atoms with Gasteiger partial charge in [-0.05, 0) is 44.1 Å². The highest BCUT2D eigenvalue weighted by Gasteiger charge is 2.50. The zero-order valence-corrected chi connectivity index (χ0v) is 14.7. The van der Waals surface area contributed by atoms with E-state index in [2.05, 4.69) is 6.07 Å². The number of nitrogens with two attached hydrogens (primary N) is 1. The van der Waals surface area contributed by atoms with Crippen molar-refractivity contribution in [2.75, 3.05) is 12.3 Å². The lowest BCUT2D eigenvalue weighted by Crippen LogP contribution is -2.41. The summed E-state index contributed by atoms with van der Waals surface area (Å²) in [7, 11) is 0. The maximum absolute atomic E-state index is 13.2. The molecule has 128 valence electrons. The molecule has 0 bridgehead atoms. The summed E-state index contributed by atoms with van der Waals surface area (Å²) in [5.74, 6) is -0.487. The second kappa shape index (κ2) is 6.56. The van der Waals surface area contributed by atoms with Gasteiger partial charge in [-0.3, -0.25) is 4.79 Å². The molecule has 0 spiro atoms. The van der Waals surface area contributed by atoms with Crippen molar-refractivity contribution in [3.63, 3.8) is 0 Å². The van der Waals surface area contributed by atoms with E-state index in [-0.39, 0.29) is 18.3 Å². The highest BCUT2D eigenvalue weighted by molar-refractivity contribution is 7.18. The molecular weight excluding hydrogens is 324 g/mol. The fourth-order valence-electron chi connectivity index (χ4n) is 4.15. The molecule has 1 fully saturated rings. The number of ketones is 1. The molecule has 1 unspecified atom stereocenters. The molecule has 0 aromatic carbocycles. The van der Waals surface area contributed by atoms with Crippen LogP contribution in [0.5, 0.6) is 0 Å². The van der Waals surface area contributed by atoms with Gasteiger partial charge < -0.3 is 10.5 Å². The molecule has 1 aromatic rings. The molecule has 0 aliphatic heterocycles. The number of hydrogen-bond donors (Lipinski definition) is 1. The van der Waals surface area contributed by atoms with Crippen LogP contribution in [0.3, 0.4) is 0 Å². The van der Waals surface area contributed by atoms with Gasteiger partial charge in [0.2, 0.25) is 0 Å². The number of nitrogens with zero attached hydrogens (tertiary/aromatic N) is 1. The molecule has 0 amide bonds. The van der Waals surface area contributed by atoms with E-state index in [1.54, 1.807) is 6.92 Å². The molecule has 3 rings (SSSR count). The van der Waals surface area contributed by atoms with E-state index in [4.69, 9.17) is 10.5 Å². The Morgan fingerprint density at radius 1 is 1.42 bits per heavy atom. The second-order valence-corrected chi connectivity index (χ2v) is 7.67. The number of rotatable bonds is 3. The van der Waals surface area contributed by atoms with Gasteiger partial charge in [0, 0.05) is 0 Å². The van der Waals surface area contributed by atoms with Crippen molar-refractivity contribution >= 4 is 28.1 Å². The van der Waals surface area contributed by atoms with Gasteiger partial charge in [0.1, 0.15) is 10.4 Å². The first-order chi connectivity index (χ1) is 11.5. The smallest absolute Gasteiger partial charge is 0.341 e. The quantitative estimate of drug-likeness (QED) is 0.842. The Kier molecular flexibility index (Phi) is 4.64.